The lowest BCUT2D eigenvalue weighted by atomic mass is 10.1. The van der Waals surface area contributed by atoms with Crippen molar-refractivity contribution in [1.29, 1.82) is 0 Å². The number of nitrogens with zero attached hydrogens (tertiary/aromatic N) is 1. The van der Waals surface area contributed by atoms with Gasteiger partial charge in [0.05, 0.1) is 17.4 Å². The monoisotopic (exact) mass is 390 g/mol. The van der Waals surface area contributed by atoms with E-state index in [-0.39, 0.29) is 29.4 Å². The molecule has 0 bridgehead atoms. The fraction of sp³-hybridized carbons (Fsp3) is 0.263. The molecule has 1 N–H and O–H groups in total. The Balaban J connectivity index is 1.71. The summed E-state index contributed by atoms with van der Waals surface area (Å²) in [5.74, 6) is -2.13. The van der Waals surface area contributed by atoms with E-state index in [1.807, 2.05) is 0 Å². The van der Waals surface area contributed by atoms with E-state index in [0.29, 0.717) is 12.0 Å². The van der Waals surface area contributed by atoms with E-state index in [4.69, 9.17) is 0 Å². The summed E-state index contributed by atoms with van der Waals surface area (Å²) in [7, 11) is -3.73. The molecule has 27 heavy (non-hydrogen) atoms. The lowest BCUT2D eigenvalue weighted by Crippen LogP contribution is -2.31. The maximum Gasteiger partial charge on any atom is 0.251 e. The summed E-state index contributed by atoms with van der Waals surface area (Å²) >= 11 is 0. The number of benzene rings is 2. The highest BCUT2D eigenvalue weighted by Gasteiger charge is 2.42. The van der Waals surface area contributed by atoms with Crippen LogP contribution in [0.4, 0.5) is 10.1 Å². The van der Waals surface area contributed by atoms with Crippen LogP contribution in [0.5, 0.6) is 0 Å². The second-order valence-corrected chi connectivity index (χ2v) is 8.29. The molecule has 0 unspecified atom stereocenters. The third-order valence-corrected chi connectivity index (χ3v) is 6.21. The minimum Gasteiger partial charge on any atom is -0.352 e. The van der Waals surface area contributed by atoms with E-state index in [1.54, 1.807) is 25.1 Å². The summed E-state index contributed by atoms with van der Waals surface area (Å²) in [6.07, 6.45) is 0.328. The van der Waals surface area contributed by atoms with E-state index in [1.165, 1.54) is 30.3 Å². The minimum atomic E-state index is -3.73. The fourth-order valence-electron chi connectivity index (χ4n) is 2.97. The maximum atomic E-state index is 13.6. The minimum absolute atomic E-state index is 0.145. The predicted molar refractivity (Wildman–Crippen MR) is 99.3 cm³/mol. The van der Waals surface area contributed by atoms with E-state index in [2.05, 4.69) is 5.32 Å². The van der Waals surface area contributed by atoms with Crippen LogP contribution in [0.15, 0.2) is 48.5 Å². The Morgan fingerprint density at radius 3 is 2.63 bits per heavy atom. The average molecular weight is 390 g/mol. The first kappa shape index (κ1) is 19.0. The van der Waals surface area contributed by atoms with Crippen molar-refractivity contribution in [2.45, 2.75) is 13.3 Å². The number of carbonyl (C=O) groups is 2. The van der Waals surface area contributed by atoms with Gasteiger partial charge in [-0.1, -0.05) is 31.2 Å². The Morgan fingerprint density at radius 1 is 1.22 bits per heavy atom. The molecule has 142 valence electrons. The first-order valence-corrected chi connectivity index (χ1v) is 10.1. The van der Waals surface area contributed by atoms with Crippen molar-refractivity contribution >= 4 is 27.5 Å². The molecule has 0 aromatic heterocycles. The molecule has 2 aromatic rings. The third kappa shape index (κ3) is 4.00. The van der Waals surface area contributed by atoms with Gasteiger partial charge in [-0.05, 0) is 36.2 Å². The predicted octanol–water partition coefficient (Wildman–Crippen LogP) is 2.11. The third-order valence-electron chi connectivity index (χ3n) is 4.34. The Labute approximate surface area is 157 Å². The number of hydrogen-bond donors (Lipinski definition) is 1. The lowest BCUT2D eigenvalue weighted by molar-refractivity contribution is -0.119. The number of carbonyl (C=O) groups excluding carboxylic acids is 2. The molecule has 1 saturated heterocycles. The molecule has 0 saturated carbocycles. The molecular formula is C19H19FN2O4S. The van der Waals surface area contributed by atoms with Crippen molar-refractivity contribution in [3.63, 3.8) is 0 Å². The number of nitrogens with one attached hydrogen (secondary N) is 1. The van der Waals surface area contributed by atoms with Gasteiger partial charge in [0.2, 0.25) is 15.9 Å². The first-order valence-electron chi connectivity index (χ1n) is 8.48. The van der Waals surface area contributed by atoms with Gasteiger partial charge in [0.25, 0.3) is 5.91 Å². The van der Waals surface area contributed by atoms with Gasteiger partial charge in [-0.2, -0.15) is 0 Å². The normalized spacial score (nSPS) is 18.5. The highest BCUT2D eigenvalue weighted by molar-refractivity contribution is 7.94. The van der Waals surface area contributed by atoms with Gasteiger partial charge >= 0.3 is 0 Å². The van der Waals surface area contributed by atoms with Crippen molar-refractivity contribution in [2.75, 3.05) is 16.6 Å². The van der Waals surface area contributed by atoms with Crippen LogP contribution < -0.4 is 9.62 Å². The van der Waals surface area contributed by atoms with E-state index >= 15 is 0 Å². The Bertz CT molecular complexity index is 991. The molecule has 0 spiro atoms. The standard InChI is InChI=1S/C19H19FN2O4S/c1-13-12-27(25,26)22(19(13)24)16-7-4-6-15(11-16)18(23)21-10-9-14-5-2-3-8-17(14)20/h2-8,11,13H,9-10,12H2,1H3,(H,21,23)/t13-/m0/s1. The van der Waals surface area contributed by atoms with Crippen molar-refractivity contribution in [2.24, 2.45) is 5.92 Å². The Morgan fingerprint density at radius 2 is 1.96 bits per heavy atom. The fourth-order valence-corrected chi connectivity index (χ4v) is 4.79. The summed E-state index contributed by atoms with van der Waals surface area (Å²) in [6, 6.07) is 12.2. The SMILES string of the molecule is C[C@H]1CS(=O)(=O)N(c2cccc(C(=O)NCCc3ccccc3F)c2)C1=O. The van der Waals surface area contributed by atoms with Crippen molar-refractivity contribution in [3.8, 4) is 0 Å². The molecular weight excluding hydrogens is 371 g/mol. The average Bonchev–Trinajstić information content (AvgIpc) is 2.83. The lowest BCUT2D eigenvalue weighted by Gasteiger charge is -2.16. The van der Waals surface area contributed by atoms with Gasteiger partial charge in [-0.25, -0.2) is 17.1 Å². The quantitative estimate of drug-likeness (QED) is 0.848. The number of amides is 2. The summed E-state index contributed by atoms with van der Waals surface area (Å²) < 4.78 is 38.7. The molecule has 1 heterocycles. The van der Waals surface area contributed by atoms with Gasteiger partial charge in [0, 0.05) is 12.1 Å². The molecule has 1 aliphatic heterocycles. The second kappa shape index (κ2) is 7.48. The van der Waals surface area contributed by atoms with Crippen molar-refractivity contribution in [3.05, 3.63) is 65.5 Å². The molecule has 1 atom stereocenters. The van der Waals surface area contributed by atoms with Crippen LogP contribution in [0.2, 0.25) is 0 Å². The van der Waals surface area contributed by atoms with E-state index in [0.717, 1.165) is 4.31 Å². The maximum absolute atomic E-state index is 13.6. The molecule has 1 aliphatic rings. The van der Waals surface area contributed by atoms with Crippen LogP contribution in [0.25, 0.3) is 0 Å². The zero-order chi connectivity index (χ0) is 19.6. The van der Waals surface area contributed by atoms with Crippen LogP contribution in [-0.2, 0) is 21.2 Å². The van der Waals surface area contributed by atoms with Gasteiger partial charge in [-0.15, -0.1) is 0 Å². The Kier molecular flexibility index (Phi) is 5.27. The van der Waals surface area contributed by atoms with E-state index in [9.17, 15) is 22.4 Å². The summed E-state index contributed by atoms with van der Waals surface area (Å²) in [6.45, 7) is 1.78. The zero-order valence-corrected chi connectivity index (χ0v) is 15.5. The highest BCUT2D eigenvalue weighted by atomic mass is 32.2. The molecule has 8 heteroatoms. The molecule has 3 rings (SSSR count). The van der Waals surface area contributed by atoms with Crippen molar-refractivity contribution < 1.29 is 22.4 Å². The number of anilines is 1. The van der Waals surface area contributed by atoms with Crippen LogP contribution in [0.1, 0.15) is 22.8 Å². The summed E-state index contributed by atoms with van der Waals surface area (Å²) in [4.78, 5) is 24.5. The van der Waals surface area contributed by atoms with Gasteiger partial charge < -0.3 is 5.32 Å². The van der Waals surface area contributed by atoms with Crippen molar-refractivity contribution in [1.82, 2.24) is 5.32 Å². The molecule has 2 amide bonds. The molecule has 1 fully saturated rings. The highest BCUT2D eigenvalue weighted by Crippen LogP contribution is 2.28. The second-order valence-electron chi connectivity index (χ2n) is 6.43. The molecule has 6 nitrogen and oxygen atoms in total. The largest absolute Gasteiger partial charge is 0.352 e. The number of sulfonamides is 1. The van der Waals surface area contributed by atoms with Crippen LogP contribution in [-0.4, -0.2) is 32.5 Å². The molecule has 2 aromatic carbocycles. The van der Waals surface area contributed by atoms with Gasteiger partial charge in [0.15, 0.2) is 0 Å². The van der Waals surface area contributed by atoms with Crippen LogP contribution in [0, 0.1) is 11.7 Å². The van der Waals surface area contributed by atoms with Gasteiger partial charge in [-0.3, -0.25) is 9.59 Å². The van der Waals surface area contributed by atoms with E-state index < -0.39 is 27.8 Å². The zero-order valence-electron chi connectivity index (χ0n) is 14.7. The summed E-state index contributed by atoms with van der Waals surface area (Å²) in [5.41, 5.74) is 0.865. The number of halogens is 1. The van der Waals surface area contributed by atoms with Crippen LogP contribution >= 0.6 is 0 Å². The van der Waals surface area contributed by atoms with Gasteiger partial charge in [0.1, 0.15) is 5.82 Å². The number of rotatable bonds is 5. The summed E-state index contributed by atoms with van der Waals surface area (Å²) in [5, 5.41) is 2.67. The number of hydrogen-bond acceptors (Lipinski definition) is 4. The first-order chi connectivity index (χ1) is 12.8. The topological polar surface area (TPSA) is 83.6 Å². The molecule has 0 radical (unpaired) electrons. The van der Waals surface area contributed by atoms with Crippen LogP contribution in [0.3, 0.4) is 0 Å². The smallest absolute Gasteiger partial charge is 0.251 e. The molecule has 0 aliphatic carbocycles. The Hall–Kier alpha value is -2.74.